The number of rotatable bonds is 1. The minimum absolute atomic E-state index is 0.639. The summed E-state index contributed by atoms with van der Waals surface area (Å²) in [5.41, 5.74) is 0. The molecule has 0 saturated heterocycles. The molecule has 3 heteroatoms. The topological polar surface area (TPSA) is 29.4 Å². The molecular weight excluding hydrogens is 134 g/mol. The first-order chi connectivity index (χ1) is 4.43. The molecule has 9 heavy (non-hydrogen) atoms. The van der Waals surface area contributed by atoms with Crippen LogP contribution in [0.2, 0.25) is 0 Å². The van der Waals surface area contributed by atoms with Crippen molar-refractivity contribution in [3.8, 4) is 0 Å². The Morgan fingerprint density at radius 3 is 3.33 bits per heavy atom. The van der Waals surface area contributed by atoms with E-state index in [1.807, 2.05) is 5.41 Å². The smallest absolute Gasteiger partial charge is 0.158 e. The normalized spacial score (nSPS) is 16.7. The Balaban J connectivity index is 2.73. The molecule has 0 spiro atoms. The Kier molecular flexibility index (Phi) is 2.27. The molecule has 0 atom stereocenters. The number of hydrogen-bond donors (Lipinski definition) is 0. The molecule has 0 fully saturated rings. The zero-order chi connectivity index (χ0) is 6.53. The summed E-state index contributed by atoms with van der Waals surface area (Å²) in [6, 6.07) is 0. The van der Waals surface area contributed by atoms with E-state index in [0.717, 1.165) is 6.29 Å². The Morgan fingerprint density at radius 2 is 2.56 bits per heavy atom. The molecule has 0 aromatic rings. The fourth-order valence-corrected chi connectivity index (χ4v) is 0.891. The molecule has 0 aliphatic carbocycles. The van der Waals surface area contributed by atoms with Crippen molar-refractivity contribution in [1.29, 1.82) is 0 Å². The molecule has 0 aromatic carbocycles. The van der Waals surface area contributed by atoms with Gasteiger partial charge in [0.05, 0.1) is 4.91 Å². The summed E-state index contributed by atoms with van der Waals surface area (Å²) in [7, 11) is 0. The molecule has 0 bridgehead atoms. The van der Waals surface area contributed by atoms with Crippen LogP contribution in [0.4, 0.5) is 0 Å². The number of hydrogen-bond acceptors (Lipinski definition) is 3. The van der Waals surface area contributed by atoms with Crippen molar-refractivity contribution < 1.29 is 4.79 Å². The molecule has 0 amide bonds. The van der Waals surface area contributed by atoms with Gasteiger partial charge in [-0.05, 0) is 11.5 Å². The summed E-state index contributed by atoms with van der Waals surface area (Å²) in [4.78, 5) is 14.6. The van der Waals surface area contributed by atoms with E-state index in [2.05, 4.69) is 4.99 Å². The molecule has 0 N–H and O–H groups in total. The van der Waals surface area contributed by atoms with E-state index < -0.39 is 0 Å². The van der Waals surface area contributed by atoms with Crippen molar-refractivity contribution in [2.45, 2.75) is 0 Å². The number of carbonyl (C=O) groups is 1. The van der Waals surface area contributed by atoms with Gasteiger partial charge in [-0.15, -0.1) is 0 Å². The quantitative estimate of drug-likeness (QED) is 0.513. The van der Waals surface area contributed by atoms with Gasteiger partial charge in [-0.25, -0.2) is 0 Å². The first-order valence-corrected chi connectivity index (χ1v) is 3.32. The van der Waals surface area contributed by atoms with Crippen LogP contribution >= 0.6 is 11.8 Å². The Bertz CT molecular complexity index is 193. The lowest BCUT2D eigenvalue weighted by Gasteiger charge is -1.84. The van der Waals surface area contributed by atoms with Crippen molar-refractivity contribution in [2.75, 3.05) is 0 Å². The molecule has 1 heterocycles. The summed E-state index contributed by atoms with van der Waals surface area (Å²) in [5.74, 6) is 0. The number of nitrogens with zero attached hydrogens (tertiary/aromatic N) is 1. The first-order valence-electron chi connectivity index (χ1n) is 2.44. The fraction of sp³-hybridized carbons (Fsp3) is 0. The van der Waals surface area contributed by atoms with Crippen molar-refractivity contribution in [1.82, 2.24) is 0 Å². The maximum atomic E-state index is 10.1. The van der Waals surface area contributed by atoms with Gasteiger partial charge in [0.1, 0.15) is 0 Å². The van der Waals surface area contributed by atoms with E-state index in [-0.39, 0.29) is 0 Å². The van der Waals surface area contributed by atoms with Crippen LogP contribution in [-0.4, -0.2) is 12.5 Å². The van der Waals surface area contributed by atoms with Gasteiger partial charge in [-0.1, -0.05) is 11.8 Å². The van der Waals surface area contributed by atoms with Crippen LogP contribution in [0.25, 0.3) is 0 Å². The molecule has 0 saturated carbocycles. The summed E-state index contributed by atoms with van der Waals surface area (Å²) < 4.78 is 0. The molecule has 1 rings (SSSR count). The fourth-order valence-electron chi connectivity index (χ4n) is 0.408. The second kappa shape index (κ2) is 3.25. The molecule has 1 aliphatic heterocycles. The number of allylic oxidation sites excluding steroid dienone is 2. The number of thioether (sulfide) groups is 1. The van der Waals surface area contributed by atoms with Gasteiger partial charge in [0.2, 0.25) is 0 Å². The van der Waals surface area contributed by atoms with Gasteiger partial charge in [0.25, 0.3) is 0 Å². The monoisotopic (exact) mass is 139 g/mol. The second-order valence-corrected chi connectivity index (χ2v) is 2.37. The van der Waals surface area contributed by atoms with Gasteiger partial charge in [-0.3, -0.25) is 9.79 Å². The molecule has 1 aliphatic rings. The van der Waals surface area contributed by atoms with Crippen LogP contribution in [0.3, 0.4) is 0 Å². The van der Waals surface area contributed by atoms with E-state index in [9.17, 15) is 4.79 Å². The Labute approximate surface area is 57.4 Å². The summed E-state index contributed by atoms with van der Waals surface area (Å²) in [6.45, 7) is 0. The lowest BCUT2D eigenvalue weighted by molar-refractivity contribution is -0.104. The predicted octanol–water partition coefficient (Wildman–Crippen LogP) is 1.36. The van der Waals surface area contributed by atoms with Crippen LogP contribution < -0.4 is 0 Å². The van der Waals surface area contributed by atoms with Crippen molar-refractivity contribution in [3.63, 3.8) is 0 Å². The van der Waals surface area contributed by atoms with E-state index in [0.29, 0.717) is 4.91 Å². The van der Waals surface area contributed by atoms with E-state index >= 15 is 0 Å². The number of aldehydes is 1. The highest BCUT2D eigenvalue weighted by atomic mass is 32.2. The average molecular weight is 139 g/mol. The molecule has 2 nitrogen and oxygen atoms in total. The van der Waals surface area contributed by atoms with Crippen LogP contribution in [0, 0.1) is 0 Å². The van der Waals surface area contributed by atoms with Crippen LogP contribution in [0.15, 0.2) is 27.6 Å². The van der Waals surface area contributed by atoms with Crippen molar-refractivity contribution in [2.24, 2.45) is 4.99 Å². The highest BCUT2D eigenvalue weighted by Crippen LogP contribution is 2.15. The minimum Gasteiger partial charge on any atom is -0.297 e. The predicted molar refractivity (Wildman–Crippen MR) is 39.4 cm³/mol. The third-order valence-corrected chi connectivity index (χ3v) is 1.54. The lowest BCUT2D eigenvalue weighted by atomic mass is 10.6. The Hall–Kier alpha value is -0.830. The van der Waals surface area contributed by atoms with Crippen molar-refractivity contribution in [3.05, 3.63) is 22.6 Å². The van der Waals surface area contributed by atoms with E-state index in [1.165, 1.54) is 18.0 Å². The van der Waals surface area contributed by atoms with Gasteiger partial charge in [0, 0.05) is 12.4 Å². The van der Waals surface area contributed by atoms with Gasteiger partial charge < -0.3 is 0 Å². The van der Waals surface area contributed by atoms with Crippen LogP contribution in [0.1, 0.15) is 0 Å². The molecule has 0 radical (unpaired) electrons. The zero-order valence-corrected chi connectivity index (χ0v) is 5.47. The number of carbonyl (C=O) groups excluding carboxylic acids is 1. The molecular formula is C6H5NOS. The SMILES string of the molecule is O=CC1=CN=CC=CS1. The van der Waals surface area contributed by atoms with Crippen molar-refractivity contribution >= 4 is 24.3 Å². The molecule has 46 valence electrons. The van der Waals surface area contributed by atoms with Crippen LogP contribution in [-0.2, 0) is 4.79 Å². The minimum atomic E-state index is 0.639. The first kappa shape index (κ1) is 6.29. The van der Waals surface area contributed by atoms with Gasteiger partial charge >= 0.3 is 0 Å². The summed E-state index contributed by atoms with van der Waals surface area (Å²) in [6.07, 6.45) is 5.76. The van der Waals surface area contributed by atoms with Crippen LogP contribution in [0.5, 0.6) is 0 Å². The van der Waals surface area contributed by atoms with Gasteiger partial charge in [0.15, 0.2) is 6.29 Å². The lowest BCUT2D eigenvalue weighted by Crippen LogP contribution is -1.71. The zero-order valence-electron chi connectivity index (χ0n) is 4.65. The third kappa shape index (κ3) is 1.85. The summed E-state index contributed by atoms with van der Waals surface area (Å²) >= 11 is 1.37. The maximum Gasteiger partial charge on any atom is 0.158 e. The highest BCUT2D eigenvalue weighted by Gasteiger charge is 1.91. The maximum absolute atomic E-state index is 10.1. The van der Waals surface area contributed by atoms with Gasteiger partial charge in [-0.2, -0.15) is 0 Å². The largest absolute Gasteiger partial charge is 0.297 e. The van der Waals surface area contributed by atoms with E-state index in [4.69, 9.17) is 0 Å². The third-order valence-electron chi connectivity index (χ3n) is 0.773. The standard InChI is InChI=1S/C6H5NOS/c8-5-6-4-7-2-1-3-9-6/h1-5H. The second-order valence-electron chi connectivity index (χ2n) is 1.39. The number of aliphatic imine (C=N–C) groups is 1. The average Bonchev–Trinajstić information content (AvgIpc) is 2.13. The molecule has 0 unspecified atom stereocenters. The Morgan fingerprint density at radius 1 is 1.67 bits per heavy atom. The highest BCUT2D eigenvalue weighted by molar-refractivity contribution is 8.06. The summed E-state index contributed by atoms with van der Waals surface area (Å²) in [5, 5.41) is 1.82. The van der Waals surface area contributed by atoms with E-state index in [1.54, 1.807) is 12.3 Å². The molecule has 0 aromatic heterocycles.